The number of benzene rings is 4. The summed E-state index contributed by atoms with van der Waals surface area (Å²) in [6.45, 7) is 4.06. The summed E-state index contributed by atoms with van der Waals surface area (Å²) in [6, 6.07) is 25.8. The molecular weight excluding hydrogens is 980 g/mol. The highest BCUT2D eigenvalue weighted by Crippen LogP contribution is 2.41. The Kier molecular flexibility index (Phi) is 18.5. The first-order valence-electron chi connectivity index (χ1n) is 25.6. The lowest BCUT2D eigenvalue weighted by Gasteiger charge is -2.39. The summed E-state index contributed by atoms with van der Waals surface area (Å²) < 4.78 is 20.0. The lowest BCUT2D eigenvalue weighted by atomic mass is 9.83. The molecular formula is C57H70Cl2N8O7. The van der Waals surface area contributed by atoms with Crippen LogP contribution in [0.3, 0.4) is 0 Å². The number of morpholine rings is 1. The first-order chi connectivity index (χ1) is 35.7. The quantitative estimate of drug-likeness (QED) is 0.106. The van der Waals surface area contributed by atoms with E-state index in [0.29, 0.717) is 72.7 Å². The minimum atomic E-state index is -1.11. The Hall–Kier alpha value is -5.81. The van der Waals surface area contributed by atoms with Crippen molar-refractivity contribution in [3.63, 3.8) is 0 Å². The van der Waals surface area contributed by atoms with E-state index in [1.54, 1.807) is 53.1 Å². The van der Waals surface area contributed by atoms with Gasteiger partial charge in [0.1, 0.15) is 29.4 Å². The van der Waals surface area contributed by atoms with Crippen LogP contribution in [0.5, 0.6) is 11.5 Å². The summed E-state index contributed by atoms with van der Waals surface area (Å²) in [5, 5.41) is 4.08. The molecule has 1 aromatic heterocycles. The highest BCUT2D eigenvalue weighted by molar-refractivity contribution is 6.31. The largest absolute Gasteiger partial charge is 0.457 e. The zero-order valence-electron chi connectivity index (χ0n) is 43.5. The second-order valence-electron chi connectivity index (χ2n) is 20.2. The van der Waals surface area contributed by atoms with Gasteiger partial charge in [0, 0.05) is 75.5 Å². The second kappa shape index (κ2) is 25.1. The van der Waals surface area contributed by atoms with Crippen LogP contribution in [-0.2, 0) is 61.6 Å². The standard InChI is InChI=1S/C57H70Cl2N8O7/c1-62(2)36-53-60-33-51(65(53)5)40-16-22-45(23-17-40)74-52-31-43(59)21-15-41(52)34-67-50(12-9-25-66-26-28-73-29-27-66)55(69)61-49(37-72-6)57(71)64(4)44(30-38-13-19-42(58)20-14-38)35-63(3)56(70)48(32-54(67)68)47-24-18-39-10-7-8-11-46(39)47/h7-8,10-11,13-17,19-23,31,33,44,47-50H,9,12,18,24-30,32,34-37H2,1-6H3,(H,61,69)/t44-,47+,48+,49+,50+/m1/s1. The van der Waals surface area contributed by atoms with Gasteiger partial charge >= 0.3 is 0 Å². The van der Waals surface area contributed by atoms with E-state index in [4.69, 9.17) is 37.4 Å². The summed E-state index contributed by atoms with van der Waals surface area (Å²) >= 11 is 13.0. The van der Waals surface area contributed by atoms with Crippen molar-refractivity contribution in [1.82, 2.24) is 39.4 Å². The maximum absolute atomic E-state index is 15.8. The minimum absolute atomic E-state index is 0.0628. The molecule has 5 atom stereocenters. The molecule has 15 nitrogen and oxygen atoms in total. The number of rotatable bonds is 16. The third-order valence-corrected chi connectivity index (χ3v) is 15.3. The molecule has 4 amide bonds. The van der Waals surface area contributed by atoms with Gasteiger partial charge in [-0.05, 0) is 124 Å². The highest BCUT2D eigenvalue weighted by atomic mass is 35.5. The van der Waals surface area contributed by atoms with E-state index in [1.807, 2.05) is 81.9 Å². The monoisotopic (exact) mass is 1050 g/mol. The van der Waals surface area contributed by atoms with Crippen LogP contribution in [-0.4, -0.2) is 157 Å². The number of carbonyl (C=O) groups excluding carboxylic acids is 4. The summed E-state index contributed by atoms with van der Waals surface area (Å²) in [6.07, 6.45) is 4.36. The molecule has 5 aromatic rings. The number of hydrogen-bond acceptors (Lipinski definition) is 10. The molecule has 0 bridgehead atoms. The number of imidazole rings is 1. The molecule has 0 unspecified atom stereocenters. The third kappa shape index (κ3) is 13.3. The van der Waals surface area contributed by atoms with Crippen molar-refractivity contribution in [2.24, 2.45) is 13.0 Å². The zero-order valence-corrected chi connectivity index (χ0v) is 45.0. The fraction of sp³-hybridized carbons (Fsp3) is 0.456. The number of ether oxygens (including phenoxy) is 3. The third-order valence-electron chi connectivity index (χ3n) is 14.8. The number of aromatic nitrogens is 2. The lowest BCUT2D eigenvalue weighted by molar-refractivity contribution is -0.149. The number of hydrogen-bond donors (Lipinski definition) is 1. The number of aryl methyl sites for hydroxylation is 1. The van der Waals surface area contributed by atoms with E-state index < -0.39 is 30.0 Å². The van der Waals surface area contributed by atoms with E-state index in [0.717, 1.165) is 53.3 Å². The maximum Gasteiger partial charge on any atom is 0.247 e. The van der Waals surface area contributed by atoms with Gasteiger partial charge in [0.25, 0.3) is 0 Å². The smallest absolute Gasteiger partial charge is 0.247 e. The summed E-state index contributed by atoms with van der Waals surface area (Å²) in [4.78, 5) is 75.2. The van der Waals surface area contributed by atoms with Gasteiger partial charge < -0.3 is 43.7 Å². The van der Waals surface area contributed by atoms with Gasteiger partial charge in [0.2, 0.25) is 23.6 Å². The van der Waals surface area contributed by atoms with E-state index in [-0.39, 0.29) is 56.2 Å². The first-order valence-corrected chi connectivity index (χ1v) is 26.4. The van der Waals surface area contributed by atoms with Crippen LogP contribution < -0.4 is 10.1 Å². The van der Waals surface area contributed by atoms with Crippen LogP contribution in [0.4, 0.5) is 0 Å². The SMILES string of the molecule is COC[C@@H]1NC(=O)[C@H](CCCN2CCOCC2)N(Cc2ccc(Cl)cc2Oc2ccc(-c3cnc(CN(C)C)n3C)cc2)C(=O)C[C@@H]([C@H]2CCc3ccccc32)C(=O)N(C)C[C@@H](Cc2ccc(Cl)cc2)N(C)C1=O. The van der Waals surface area contributed by atoms with Crippen molar-refractivity contribution in [3.8, 4) is 22.8 Å². The van der Waals surface area contributed by atoms with Gasteiger partial charge in [-0.2, -0.15) is 0 Å². The Bertz CT molecular complexity index is 2730. The van der Waals surface area contributed by atoms with Crippen molar-refractivity contribution >= 4 is 46.8 Å². The van der Waals surface area contributed by atoms with Crippen LogP contribution in [0.1, 0.15) is 59.7 Å². The Morgan fingerprint density at radius 3 is 2.32 bits per heavy atom. The molecule has 74 heavy (non-hydrogen) atoms. The van der Waals surface area contributed by atoms with Crippen LogP contribution >= 0.6 is 23.2 Å². The van der Waals surface area contributed by atoms with Crippen molar-refractivity contribution in [1.29, 1.82) is 0 Å². The van der Waals surface area contributed by atoms with E-state index >= 15 is 14.4 Å². The zero-order chi connectivity index (χ0) is 52.5. The predicted molar refractivity (Wildman–Crippen MR) is 287 cm³/mol. The lowest BCUT2D eigenvalue weighted by Crippen LogP contribution is -2.59. The second-order valence-corrected chi connectivity index (χ2v) is 21.1. The van der Waals surface area contributed by atoms with Crippen molar-refractivity contribution in [2.75, 3.05) is 81.3 Å². The van der Waals surface area contributed by atoms with Gasteiger partial charge in [-0.3, -0.25) is 24.1 Å². The Balaban J connectivity index is 1.18. The summed E-state index contributed by atoms with van der Waals surface area (Å²) in [5.41, 5.74) is 5.62. The fourth-order valence-corrected chi connectivity index (χ4v) is 11.0. The van der Waals surface area contributed by atoms with Gasteiger partial charge in [-0.25, -0.2) is 4.98 Å². The minimum Gasteiger partial charge on any atom is -0.457 e. The highest BCUT2D eigenvalue weighted by Gasteiger charge is 2.42. The Morgan fingerprint density at radius 1 is 0.865 bits per heavy atom. The molecule has 1 N–H and O–H groups in total. The molecule has 1 aliphatic carbocycles. The van der Waals surface area contributed by atoms with Crippen molar-refractivity contribution in [3.05, 3.63) is 135 Å². The molecule has 0 spiro atoms. The average Bonchev–Trinajstić information content (AvgIpc) is 3.99. The number of likely N-dealkylation sites (N-methyl/N-ethyl adjacent to an activating group) is 2. The Labute approximate surface area is 445 Å². The normalized spacial score (nSPS) is 21.5. The van der Waals surface area contributed by atoms with E-state index in [1.165, 1.54) is 7.11 Å². The van der Waals surface area contributed by atoms with Crippen molar-refractivity contribution in [2.45, 2.75) is 75.7 Å². The van der Waals surface area contributed by atoms with Gasteiger partial charge in [-0.15, -0.1) is 0 Å². The molecule has 3 aliphatic rings. The number of methoxy groups -OCH3 is 1. The Morgan fingerprint density at radius 2 is 1.59 bits per heavy atom. The fourth-order valence-electron chi connectivity index (χ4n) is 10.7. The number of fused-ring (bicyclic) bond motifs is 1. The molecule has 17 heteroatoms. The number of nitrogens with zero attached hydrogens (tertiary/aromatic N) is 7. The number of carbonyl (C=O) groups is 4. The number of nitrogens with one attached hydrogen (secondary N) is 1. The van der Waals surface area contributed by atoms with Crippen LogP contribution in [0.2, 0.25) is 10.0 Å². The topological polar surface area (TPSA) is 142 Å². The molecule has 0 saturated carbocycles. The molecule has 8 rings (SSSR count). The van der Waals surface area contributed by atoms with Gasteiger partial charge in [-0.1, -0.05) is 65.7 Å². The summed E-state index contributed by atoms with van der Waals surface area (Å²) in [7, 11) is 11.0. The van der Waals surface area contributed by atoms with E-state index in [2.05, 4.69) is 36.8 Å². The first kappa shape index (κ1) is 54.5. The molecule has 4 aromatic carbocycles. The van der Waals surface area contributed by atoms with Crippen LogP contribution in [0.15, 0.2) is 97.2 Å². The summed E-state index contributed by atoms with van der Waals surface area (Å²) in [5.74, 6) is -0.648. The number of halogens is 2. The van der Waals surface area contributed by atoms with Crippen LogP contribution in [0.25, 0.3) is 11.3 Å². The molecule has 2 fully saturated rings. The maximum atomic E-state index is 15.8. The van der Waals surface area contributed by atoms with Gasteiger partial charge in [0.05, 0.1) is 56.8 Å². The van der Waals surface area contributed by atoms with Gasteiger partial charge in [0.15, 0.2) is 0 Å². The average molecular weight is 1050 g/mol. The van der Waals surface area contributed by atoms with Crippen molar-refractivity contribution < 1.29 is 33.4 Å². The molecule has 0 radical (unpaired) electrons. The molecule has 2 saturated heterocycles. The predicted octanol–water partition coefficient (Wildman–Crippen LogP) is 7.47. The van der Waals surface area contributed by atoms with E-state index in [9.17, 15) is 4.79 Å². The number of amides is 4. The van der Waals surface area contributed by atoms with Crippen LogP contribution in [0, 0.1) is 5.92 Å². The molecule has 3 heterocycles. The molecule has 2 aliphatic heterocycles. The molecule has 394 valence electrons.